The quantitative estimate of drug-likeness (QED) is 0.406. The minimum atomic E-state index is -0.132. The molecular weight excluding hydrogens is 424 g/mol. The number of nitrogens with zero attached hydrogens (tertiary/aromatic N) is 4. The van der Waals surface area contributed by atoms with Gasteiger partial charge in [0, 0.05) is 31.2 Å². The number of ether oxygens (including phenoxy) is 1. The lowest BCUT2D eigenvalue weighted by Crippen LogP contribution is -2.15. The van der Waals surface area contributed by atoms with Crippen molar-refractivity contribution in [2.75, 3.05) is 7.11 Å². The molecule has 0 aliphatic carbocycles. The molecule has 30 heavy (non-hydrogen) atoms. The number of thiophene rings is 1. The Balaban J connectivity index is 1.53. The van der Waals surface area contributed by atoms with E-state index in [-0.39, 0.29) is 11.3 Å². The highest BCUT2D eigenvalue weighted by atomic mass is 35.5. The molecule has 0 spiro atoms. The first kappa shape index (κ1) is 20.1. The van der Waals surface area contributed by atoms with E-state index in [9.17, 15) is 9.59 Å². The molecule has 0 fully saturated rings. The molecule has 0 radical (unpaired) electrons. The molecule has 0 amide bonds. The van der Waals surface area contributed by atoms with Gasteiger partial charge in [-0.05, 0) is 30.3 Å². The van der Waals surface area contributed by atoms with Gasteiger partial charge >= 0.3 is 0 Å². The third-order valence-electron chi connectivity index (χ3n) is 4.51. The summed E-state index contributed by atoms with van der Waals surface area (Å²) in [6.45, 7) is 0. The van der Waals surface area contributed by atoms with Crippen LogP contribution in [0.15, 0.2) is 65.7 Å². The summed E-state index contributed by atoms with van der Waals surface area (Å²) in [7, 11) is 1.55. The van der Waals surface area contributed by atoms with E-state index < -0.39 is 0 Å². The Kier molecular flexibility index (Phi) is 5.78. The molecule has 7 nitrogen and oxygen atoms in total. The third-order valence-corrected chi connectivity index (χ3v) is 5.78. The number of Topliss-reactive ketones (excluding diaryl/α,β-unsaturated/α-hetero) is 1. The smallest absolute Gasteiger partial charge is 0.255 e. The maximum atomic E-state index is 12.3. The predicted octanol–water partition coefficient (Wildman–Crippen LogP) is 3.96. The van der Waals surface area contributed by atoms with Crippen LogP contribution in [0.2, 0.25) is 4.34 Å². The Hall–Kier alpha value is -3.23. The fourth-order valence-corrected chi connectivity index (χ4v) is 4.02. The summed E-state index contributed by atoms with van der Waals surface area (Å²) in [5, 5.41) is 8.32. The van der Waals surface area contributed by atoms with Crippen molar-refractivity contribution in [3.63, 3.8) is 0 Å². The summed E-state index contributed by atoms with van der Waals surface area (Å²) in [5.41, 5.74) is 1.92. The van der Waals surface area contributed by atoms with Crippen molar-refractivity contribution in [2.24, 2.45) is 0 Å². The van der Waals surface area contributed by atoms with E-state index in [0.717, 1.165) is 0 Å². The van der Waals surface area contributed by atoms with Crippen molar-refractivity contribution in [2.45, 2.75) is 12.8 Å². The van der Waals surface area contributed by atoms with Crippen molar-refractivity contribution < 1.29 is 9.53 Å². The lowest BCUT2D eigenvalue weighted by Gasteiger charge is -2.11. The Bertz CT molecular complexity index is 1260. The summed E-state index contributed by atoms with van der Waals surface area (Å²) in [6.07, 6.45) is 4.25. The van der Waals surface area contributed by atoms with Crippen molar-refractivity contribution in [3.8, 4) is 17.1 Å². The van der Waals surface area contributed by atoms with E-state index in [1.54, 1.807) is 54.5 Å². The van der Waals surface area contributed by atoms with E-state index in [4.69, 9.17) is 16.3 Å². The second-order valence-electron chi connectivity index (χ2n) is 6.45. The van der Waals surface area contributed by atoms with Gasteiger partial charge in [0.05, 0.1) is 33.9 Å². The van der Waals surface area contributed by atoms with Crippen molar-refractivity contribution >= 4 is 28.7 Å². The summed E-state index contributed by atoms with van der Waals surface area (Å²) < 4.78 is 9.22. The molecule has 0 saturated carbocycles. The predicted molar refractivity (Wildman–Crippen MR) is 115 cm³/mol. The molecule has 152 valence electrons. The van der Waals surface area contributed by atoms with Gasteiger partial charge in [-0.2, -0.15) is 0 Å². The molecule has 1 aromatic carbocycles. The van der Waals surface area contributed by atoms with Crippen LogP contribution in [-0.4, -0.2) is 32.5 Å². The SMILES string of the molecule is COc1cc(-n2ccccc2=O)ccc1-n1cc(CCC(=O)c2ccc(Cl)s2)nn1. The fourth-order valence-electron chi connectivity index (χ4n) is 3.01. The van der Waals surface area contributed by atoms with E-state index in [0.29, 0.717) is 44.9 Å². The highest BCUT2D eigenvalue weighted by molar-refractivity contribution is 7.18. The van der Waals surface area contributed by atoms with Gasteiger partial charge in [-0.15, -0.1) is 16.4 Å². The van der Waals surface area contributed by atoms with Gasteiger partial charge in [-0.3, -0.25) is 14.2 Å². The average molecular weight is 441 g/mol. The van der Waals surface area contributed by atoms with Crippen molar-refractivity contribution in [3.05, 3.63) is 86.2 Å². The van der Waals surface area contributed by atoms with Gasteiger partial charge in [-0.1, -0.05) is 22.9 Å². The lowest BCUT2D eigenvalue weighted by molar-refractivity contribution is 0.0986. The number of methoxy groups -OCH3 is 1. The topological polar surface area (TPSA) is 79.0 Å². The summed E-state index contributed by atoms with van der Waals surface area (Å²) in [6, 6.07) is 13.8. The van der Waals surface area contributed by atoms with Gasteiger partial charge in [0.15, 0.2) is 5.78 Å². The summed E-state index contributed by atoms with van der Waals surface area (Å²) >= 11 is 7.16. The van der Waals surface area contributed by atoms with E-state index in [1.807, 2.05) is 12.1 Å². The molecule has 0 bridgehead atoms. The number of rotatable bonds is 7. The number of hydrogen-bond donors (Lipinski definition) is 0. The maximum Gasteiger partial charge on any atom is 0.255 e. The zero-order valence-electron chi connectivity index (χ0n) is 16.0. The van der Waals surface area contributed by atoms with Crippen LogP contribution in [0.1, 0.15) is 21.8 Å². The molecule has 0 N–H and O–H groups in total. The lowest BCUT2D eigenvalue weighted by atomic mass is 10.1. The van der Waals surface area contributed by atoms with Gasteiger partial charge in [0.2, 0.25) is 0 Å². The van der Waals surface area contributed by atoms with Crippen LogP contribution in [0.3, 0.4) is 0 Å². The summed E-state index contributed by atoms with van der Waals surface area (Å²) in [4.78, 5) is 25.0. The molecule has 0 atom stereocenters. The standard InChI is InChI=1S/C21H17ClN4O3S/c1-29-18-12-15(25-11-3-2-4-21(25)28)6-7-16(18)26-13-14(23-24-26)5-8-17(27)19-9-10-20(22)30-19/h2-4,6-7,9-13H,5,8H2,1H3. The number of hydrogen-bond acceptors (Lipinski definition) is 6. The van der Waals surface area contributed by atoms with Crippen LogP contribution < -0.4 is 10.3 Å². The fraction of sp³-hybridized carbons (Fsp3) is 0.143. The Labute approximate surface area is 181 Å². The minimum absolute atomic E-state index is 0.0247. The van der Waals surface area contributed by atoms with Gasteiger partial charge in [0.25, 0.3) is 5.56 Å². The Morgan fingerprint density at radius 2 is 2.07 bits per heavy atom. The van der Waals surface area contributed by atoms with E-state index in [1.165, 1.54) is 22.0 Å². The number of aromatic nitrogens is 4. The van der Waals surface area contributed by atoms with Gasteiger partial charge < -0.3 is 4.74 Å². The van der Waals surface area contributed by atoms with Crippen LogP contribution in [0.5, 0.6) is 5.75 Å². The van der Waals surface area contributed by atoms with Crippen LogP contribution in [0.4, 0.5) is 0 Å². The van der Waals surface area contributed by atoms with Crippen LogP contribution in [0, 0.1) is 0 Å². The molecule has 4 rings (SSSR count). The number of ketones is 1. The molecule has 9 heteroatoms. The molecule has 4 aromatic rings. The van der Waals surface area contributed by atoms with E-state index in [2.05, 4.69) is 10.3 Å². The van der Waals surface area contributed by atoms with Crippen molar-refractivity contribution in [1.29, 1.82) is 0 Å². The zero-order valence-corrected chi connectivity index (χ0v) is 17.6. The van der Waals surface area contributed by atoms with E-state index >= 15 is 0 Å². The second-order valence-corrected chi connectivity index (χ2v) is 8.16. The van der Waals surface area contributed by atoms with Crippen LogP contribution >= 0.6 is 22.9 Å². The van der Waals surface area contributed by atoms with Gasteiger partial charge in [-0.25, -0.2) is 4.68 Å². The highest BCUT2D eigenvalue weighted by Crippen LogP contribution is 2.26. The molecule has 3 aromatic heterocycles. The first-order chi connectivity index (χ1) is 14.5. The number of aryl methyl sites for hydroxylation is 1. The van der Waals surface area contributed by atoms with Crippen molar-refractivity contribution in [1.82, 2.24) is 19.6 Å². The van der Waals surface area contributed by atoms with Crippen LogP contribution in [-0.2, 0) is 6.42 Å². The van der Waals surface area contributed by atoms with Gasteiger partial charge in [0.1, 0.15) is 11.4 Å². The third kappa shape index (κ3) is 4.19. The first-order valence-electron chi connectivity index (χ1n) is 9.11. The molecule has 0 aliphatic rings. The zero-order chi connectivity index (χ0) is 21.1. The number of carbonyl (C=O) groups is 1. The molecular formula is C21H17ClN4O3S. The largest absolute Gasteiger partial charge is 0.494 e. The Morgan fingerprint density at radius 3 is 2.80 bits per heavy atom. The monoisotopic (exact) mass is 440 g/mol. The first-order valence-corrected chi connectivity index (χ1v) is 10.3. The normalized spacial score (nSPS) is 10.9. The number of pyridine rings is 1. The number of halogens is 1. The Morgan fingerprint density at radius 1 is 1.20 bits per heavy atom. The summed E-state index contributed by atoms with van der Waals surface area (Å²) in [5.74, 6) is 0.570. The molecule has 0 aliphatic heterocycles. The highest BCUT2D eigenvalue weighted by Gasteiger charge is 2.13. The number of carbonyl (C=O) groups excluding carboxylic acids is 1. The molecule has 0 unspecified atom stereocenters. The second kappa shape index (κ2) is 8.64. The maximum absolute atomic E-state index is 12.3. The molecule has 3 heterocycles. The molecule has 0 saturated heterocycles. The van der Waals surface area contributed by atoms with Crippen LogP contribution in [0.25, 0.3) is 11.4 Å². The minimum Gasteiger partial charge on any atom is -0.494 e. The number of benzene rings is 1. The average Bonchev–Trinajstić information content (AvgIpc) is 3.41.